The number of thioether (sulfide) groups is 1. The predicted molar refractivity (Wildman–Crippen MR) is 81.5 cm³/mol. The molecule has 21 heavy (non-hydrogen) atoms. The molecule has 0 saturated carbocycles. The molecule has 2 heterocycles. The van der Waals surface area contributed by atoms with Gasteiger partial charge in [-0.3, -0.25) is 9.59 Å². The average molecular weight is 322 g/mol. The zero-order valence-electron chi connectivity index (χ0n) is 11.4. The number of nitriles is 1. The lowest BCUT2D eigenvalue weighted by Crippen LogP contribution is -2.31. The molecule has 0 spiro atoms. The fourth-order valence-corrected chi connectivity index (χ4v) is 3.71. The molecule has 1 aromatic rings. The van der Waals surface area contributed by atoms with E-state index in [0.29, 0.717) is 17.2 Å². The van der Waals surface area contributed by atoms with E-state index in [1.807, 2.05) is 17.5 Å². The van der Waals surface area contributed by atoms with Crippen LogP contribution < -0.4 is 5.32 Å². The van der Waals surface area contributed by atoms with Crippen LogP contribution in [0.1, 0.15) is 24.1 Å². The van der Waals surface area contributed by atoms with Crippen LogP contribution in [0.2, 0.25) is 0 Å². The molecule has 7 heteroatoms. The summed E-state index contributed by atoms with van der Waals surface area (Å²) >= 11 is 2.66. The summed E-state index contributed by atoms with van der Waals surface area (Å²) in [5, 5.41) is 14.5. The number of thiophene rings is 1. The number of esters is 1. The predicted octanol–water partition coefficient (Wildman–Crippen LogP) is 2.38. The number of hydrogen-bond donors (Lipinski definition) is 1. The fraction of sp³-hybridized carbons (Fsp3) is 0.357. The third-order valence-corrected chi connectivity index (χ3v) is 4.86. The van der Waals surface area contributed by atoms with Crippen molar-refractivity contribution in [3.8, 4) is 6.07 Å². The molecule has 1 amide bonds. The SMILES string of the molecule is CCOC(=O)CSC1=C(C#N)[C@@H](c2cccs2)CC(=O)N1. The second kappa shape index (κ2) is 7.29. The second-order valence-electron chi connectivity index (χ2n) is 4.27. The summed E-state index contributed by atoms with van der Waals surface area (Å²) < 4.78 is 4.85. The van der Waals surface area contributed by atoms with E-state index in [2.05, 4.69) is 11.4 Å². The fourth-order valence-electron chi connectivity index (χ4n) is 2.00. The van der Waals surface area contributed by atoms with Gasteiger partial charge in [-0.15, -0.1) is 11.3 Å². The smallest absolute Gasteiger partial charge is 0.316 e. The highest BCUT2D eigenvalue weighted by Crippen LogP contribution is 2.37. The van der Waals surface area contributed by atoms with Crippen LogP contribution in [0.4, 0.5) is 0 Å². The maximum Gasteiger partial charge on any atom is 0.316 e. The van der Waals surface area contributed by atoms with Crippen molar-refractivity contribution < 1.29 is 14.3 Å². The quantitative estimate of drug-likeness (QED) is 0.842. The lowest BCUT2D eigenvalue weighted by Gasteiger charge is -2.23. The van der Waals surface area contributed by atoms with Gasteiger partial charge in [0.1, 0.15) is 0 Å². The number of ether oxygens (including phenoxy) is 1. The van der Waals surface area contributed by atoms with Crippen molar-refractivity contribution >= 4 is 35.0 Å². The standard InChI is InChI=1S/C14H14N2O3S2/c1-2-19-13(18)8-21-14-10(7-15)9(6-12(17)16-14)11-4-3-5-20-11/h3-5,9H,2,6,8H2,1H3,(H,16,17)/t9-/m0/s1. The van der Waals surface area contributed by atoms with Gasteiger partial charge in [0.25, 0.3) is 0 Å². The van der Waals surface area contributed by atoms with Crippen LogP contribution in [0.5, 0.6) is 0 Å². The lowest BCUT2D eigenvalue weighted by atomic mass is 9.93. The highest BCUT2D eigenvalue weighted by molar-refractivity contribution is 8.03. The van der Waals surface area contributed by atoms with Gasteiger partial charge >= 0.3 is 5.97 Å². The first-order valence-electron chi connectivity index (χ1n) is 6.41. The first kappa shape index (κ1) is 15.6. The van der Waals surface area contributed by atoms with Crippen LogP contribution >= 0.6 is 23.1 Å². The van der Waals surface area contributed by atoms with Crippen molar-refractivity contribution in [1.82, 2.24) is 5.32 Å². The van der Waals surface area contributed by atoms with Gasteiger partial charge < -0.3 is 10.1 Å². The van der Waals surface area contributed by atoms with E-state index in [0.717, 1.165) is 16.6 Å². The van der Waals surface area contributed by atoms with E-state index in [-0.39, 0.29) is 30.0 Å². The van der Waals surface area contributed by atoms with Crippen LogP contribution in [-0.2, 0) is 14.3 Å². The van der Waals surface area contributed by atoms with Crippen LogP contribution in [0.15, 0.2) is 28.1 Å². The Kier molecular flexibility index (Phi) is 5.42. The Balaban J connectivity index is 2.20. The highest BCUT2D eigenvalue weighted by Gasteiger charge is 2.30. The second-order valence-corrected chi connectivity index (χ2v) is 6.23. The molecule has 0 unspecified atom stereocenters. The summed E-state index contributed by atoms with van der Waals surface area (Å²) in [4.78, 5) is 24.2. The third-order valence-electron chi connectivity index (χ3n) is 2.88. The normalized spacial score (nSPS) is 18.1. The molecule has 0 fully saturated rings. The molecule has 1 N–H and O–H groups in total. The summed E-state index contributed by atoms with van der Waals surface area (Å²) in [5.74, 6) is -0.654. The molecule has 1 atom stereocenters. The van der Waals surface area contributed by atoms with Gasteiger partial charge in [-0.2, -0.15) is 5.26 Å². The van der Waals surface area contributed by atoms with Crippen LogP contribution in [0.25, 0.3) is 0 Å². The van der Waals surface area contributed by atoms with Gasteiger partial charge in [-0.1, -0.05) is 17.8 Å². The Morgan fingerprint density at radius 3 is 3.10 bits per heavy atom. The maximum atomic E-state index is 11.8. The van der Waals surface area contributed by atoms with Crippen molar-refractivity contribution in [1.29, 1.82) is 5.26 Å². The summed E-state index contributed by atoms with van der Waals surface area (Å²) in [5.41, 5.74) is 0.506. The van der Waals surface area contributed by atoms with Gasteiger partial charge in [0, 0.05) is 17.2 Å². The minimum atomic E-state index is -0.361. The zero-order chi connectivity index (χ0) is 15.2. The molecule has 1 aliphatic rings. The Labute approximate surface area is 131 Å². The molecule has 0 bridgehead atoms. The van der Waals surface area contributed by atoms with Gasteiger partial charge in [-0.05, 0) is 18.4 Å². The number of hydrogen-bond acceptors (Lipinski definition) is 6. The van der Waals surface area contributed by atoms with Crippen LogP contribution in [-0.4, -0.2) is 24.2 Å². The minimum absolute atomic E-state index is 0.0752. The molecule has 5 nitrogen and oxygen atoms in total. The van der Waals surface area contributed by atoms with E-state index in [4.69, 9.17) is 4.74 Å². The van der Waals surface area contributed by atoms with Crippen LogP contribution in [0, 0.1) is 11.3 Å². The topological polar surface area (TPSA) is 79.2 Å². The van der Waals surface area contributed by atoms with E-state index in [1.54, 1.807) is 6.92 Å². The van der Waals surface area contributed by atoms with E-state index in [1.165, 1.54) is 11.3 Å². The highest BCUT2D eigenvalue weighted by atomic mass is 32.2. The number of allylic oxidation sites excluding steroid dienone is 1. The lowest BCUT2D eigenvalue weighted by molar-refractivity contribution is -0.139. The first-order chi connectivity index (χ1) is 10.2. The van der Waals surface area contributed by atoms with E-state index >= 15 is 0 Å². The summed E-state index contributed by atoms with van der Waals surface area (Å²) in [6.07, 6.45) is 0.257. The van der Waals surface area contributed by atoms with E-state index in [9.17, 15) is 14.9 Å². The number of nitrogens with one attached hydrogen (secondary N) is 1. The summed E-state index contributed by atoms with van der Waals surface area (Å²) in [7, 11) is 0. The number of rotatable bonds is 5. The van der Waals surface area contributed by atoms with Crippen LogP contribution in [0.3, 0.4) is 0 Å². The molecule has 0 saturated heterocycles. The number of carbonyl (C=O) groups is 2. The Morgan fingerprint density at radius 2 is 2.48 bits per heavy atom. The van der Waals surface area contributed by atoms with Crippen molar-refractivity contribution in [3.05, 3.63) is 33.0 Å². The summed E-state index contributed by atoms with van der Waals surface area (Å²) in [6, 6.07) is 5.98. The van der Waals surface area contributed by atoms with Crippen molar-refractivity contribution in [2.24, 2.45) is 0 Å². The van der Waals surface area contributed by atoms with Gasteiger partial charge in [-0.25, -0.2) is 0 Å². The summed E-state index contributed by atoms with van der Waals surface area (Å²) in [6.45, 7) is 2.05. The average Bonchev–Trinajstić information content (AvgIpc) is 2.99. The zero-order valence-corrected chi connectivity index (χ0v) is 13.1. The van der Waals surface area contributed by atoms with Gasteiger partial charge in [0.2, 0.25) is 5.91 Å². The maximum absolute atomic E-state index is 11.8. The molecule has 0 aliphatic carbocycles. The van der Waals surface area contributed by atoms with Crippen molar-refractivity contribution in [3.63, 3.8) is 0 Å². The Bertz CT molecular complexity index is 602. The molecule has 2 rings (SSSR count). The molecular weight excluding hydrogens is 308 g/mol. The number of carbonyl (C=O) groups excluding carboxylic acids is 2. The Hall–Kier alpha value is -1.78. The largest absolute Gasteiger partial charge is 0.465 e. The number of amides is 1. The molecule has 0 radical (unpaired) electrons. The minimum Gasteiger partial charge on any atom is -0.465 e. The molecular formula is C14H14N2O3S2. The van der Waals surface area contributed by atoms with Gasteiger partial charge in [0.05, 0.1) is 29.0 Å². The Morgan fingerprint density at radius 1 is 1.67 bits per heavy atom. The van der Waals surface area contributed by atoms with Crippen molar-refractivity contribution in [2.75, 3.05) is 12.4 Å². The van der Waals surface area contributed by atoms with Crippen molar-refractivity contribution in [2.45, 2.75) is 19.3 Å². The monoisotopic (exact) mass is 322 g/mol. The molecule has 1 aliphatic heterocycles. The molecule has 1 aromatic heterocycles. The number of nitrogens with zero attached hydrogens (tertiary/aromatic N) is 1. The molecule has 0 aromatic carbocycles. The third kappa shape index (κ3) is 3.86. The molecule has 110 valence electrons. The first-order valence-corrected chi connectivity index (χ1v) is 8.28. The van der Waals surface area contributed by atoms with Gasteiger partial charge in [0.15, 0.2) is 0 Å². The van der Waals surface area contributed by atoms with E-state index < -0.39 is 0 Å².